The Hall–Kier alpha value is -1.52. The van der Waals surface area contributed by atoms with Crippen LogP contribution in [0.15, 0.2) is 12.7 Å². The molecular formula is C16H29NO4. The number of nitrogens with one attached hydrogen (secondary N) is 1. The van der Waals surface area contributed by atoms with Crippen molar-refractivity contribution in [3.8, 4) is 0 Å². The van der Waals surface area contributed by atoms with Gasteiger partial charge in [-0.15, -0.1) is 6.58 Å². The monoisotopic (exact) mass is 299 g/mol. The summed E-state index contributed by atoms with van der Waals surface area (Å²) in [6.07, 6.45) is 3.11. The van der Waals surface area contributed by atoms with E-state index >= 15 is 0 Å². The molecule has 0 spiro atoms. The van der Waals surface area contributed by atoms with Crippen molar-refractivity contribution in [2.24, 2.45) is 11.8 Å². The van der Waals surface area contributed by atoms with Gasteiger partial charge in [0.1, 0.15) is 6.04 Å². The lowest BCUT2D eigenvalue weighted by Crippen LogP contribution is -2.42. The molecule has 5 nitrogen and oxygen atoms in total. The predicted octanol–water partition coefficient (Wildman–Crippen LogP) is 3.29. The second kappa shape index (κ2) is 11.2. The first-order chi connectivity index (χ1) is 9.86. The maximum Gasteiger partial charge on any atom is 0.407 e. The second-order valence-electron chi connectivity index (χ2n) is 5.92. The molecule has 0 aliphatic carbocycles. The Balaban J connectivity index is 4.16. The molecule has 0 aliphatic rings. The van der Waals surface area contributed by atoms with Gasteiger partial charge in [-0.25, -0.2) is 9.59 Å². The summed E-state index contributed by atoms with van der Waals surface area (Å²) in [5.41, 5.74) is 0. The zero-order chi connectivity index (χ0) is 16.3. The van der Waals surface area contributed by atoms with Gasteiger partial charge in [-0.1, -0.05) is 33.8 Å². The lowest BCUT2D eigenvalue weighted by atomic mass is 10.1. The van der Waals surface area contributed by atoms with E-state index in [2.05, 4.69) is 25.7 Å². The molecule has 1 atom stereocenters. The van der Waals surface area contributed by atoms with Gasteiger partial charge in [-0.2, -0.15) is 0 Å². The summed E-state index contributed by atoms with van der Waals surface area (Å²) in [7, 11) is 0. The molecular weight excluding hydrogens is 270 g/mol. The van der Waals surface area contributed by atoms with Gasteiger partial charge in [-0.05, 0) is 31.1 Å². The molecule has 21 heavy (non-hydrogen) atoms. The number of esters is 1. The molecule has 0 radical (unpaired) electrons. The van der Waals surface area contributed by atoms with Crippen molar-refractivity contribution in [2.45, 2.75) is 53.0 Å². The van der Waals surface area contributed by atoms with Gasteiger partial charge in [0.2, 0.25) is 0 Å². The number of alkyl carbamates (subject to hydrolysis) is 1. The third kappa shape index (κ3) is 10.9. The highest BCUT2D eigenvalue weighted by atomic mass is 16.6. The molecule has 122 valence electrons. The van der Waals surface area contributed by atoms with Crippen molar-refractivity contribution in [2.75, 3.05) is 13.2 Å². The Bertz CT molecular complexity index is 326. The standard InChI is InChI=1S/C16H29NO4/c1-6-8-14(17-16(19)21-11-13(4)5)15(18)20-10-7-9-12(2)3/h6,12-14H,1,7-11H2,2-5H3,(H,17,19). The van der Waals surface area contributed by atoms with Crippen LogP contribution >= 0.6 is 0 Å². The van der Waals surface area contributed by atoms with Crippen molar-refractivity contribution in [1.29, 1.82) is 0 Å². The highest BCUT2D eigenvalue weighted by Gasteiger charge is 2.21. The molecule has 0 bridgehead atoms. The molecule has 0 saturated carbocycles. The van der Waals surface area contributed by atoms with Crippen LogP contribution in [0, 0.1) is 11.8 Å². The van der Waals surface area contributed by atoms with Crippen molar-refractivity contribution in [3.05, 3.63) is 12.7 Å². The van der Waals surface area contributed by atoms with Gasteiger partial charge in [-0.3, -0.25) is 0 Å². The molecule has 5 heteroatoms. The number of rotatable bonds is 10. The van der Waals surface area contributed by atoms with Crippen molar-refractivity contribution >= 4 is 12.1 Å². The number of carbonyl (C=O) groups excluding carboxylic acids is 2. The molecule has 0 fully saturated rings. The first-order valence-electron chi connectivity index (χ1n) is 7.57. The molecule has 1 unspecified atom stereocenters. The number of ether oxygens (including phenoxy) is 2. The minimum Gasteiger partial charge on any atom is -0.464 e. The first-order valence-corrected chi connectivity index (χ1v) is 7.57. The van der Waals surface area contributed by atoms with E-state index in [1.165, 1.54) is 0 Å². The van der Waals surface area contributed by atoms with Gasteiger partial charge in [0.05, 0.1) is 13.2 Å². The average molecular weight is 299 g/mol. The third-order valence-corrected chi connectivity index (χ3v) is 2.70. The Kier molecular flexibility index (Phi) is 10.4. The van der Waals surface area contributed by atoms with Gasteiger partial charge in [0.15, 0.2) is 0 Å². The minimum atomic E-state index is -0.735. The zero-order valence-corrected chi connectivity index (χ0v) is 13.7. The summed E-state index contributed by atoms with van der Waals surface area (Å²) in [6, 6.07) is -0.735. The normalized spacial score (nSPS) is 12.1. The van der Waals surface area contributed by atoms with E-state index in [4.69, 9.17) is 9.47 Å². The van der Waals surface area contributed by atoms with Crippen LogP contribution in [-0.2, 0) is 14.3 Å². The lowest BCUT2D eigenvalue weighted by molar-refractivity contribution is -0.146. The highest BCUT2D eigenvalue weighted by molar-refractivity contribution is 5.81. The molecule has 0 rings (SSSR count). The Morgan fingerprint density at radius 3 is 2.33 bits per heavy atom. The summed E-state index contributed by atoms with van der Waals surface area (Å²) in [4.78, 5) is 23.5. The number of hydrogen-bond donors (Lipinski definition) is 1. The molecule has 1 N–H and O–H groups in total. The van der Waals surface area contributed by atoms with Crippen LogP contribution < -0.4 is 5.32 Å². The fourth-order valence-corrected chi connectivity index (χ4v) is 1.57. The largest absolute Gasteiger partial charge is 0.464 e. The minimum absolute atomic E-state index is 0.247. The van der Waals surface area contributed by atoms with E-state index in [9.17, 15) is 9.59 Å². The van der Waals surface area contributed by atoms with Crippen molar-refractivity contribution < 1.29 is 19.1 Å². The SMILES string of the molecule is C=CCC(NC(=O)OCC(C)C)C(=O)OCCCC(C)C. The molecule has 0 heterocycles. The van der Waals surface area contributed by atoms with Gasteiger partial charge >= 0.3 is 12.1 Å². The van der Waals surface area contributed by atoms with E-state index in [0.717, 1.165) is 12.8 Å². The summed E-state index contributed by atoms with van der Waals surface area (Å²) < 4.78 is 10.2. The van der Waals surface area contributed by atoms with Crippen molar-refractivity contribution in [1.82, 2.24) is 5.32 Å². The molecule has 0 aromatic heterocycles. The van der Waals surface area contributed by atoms with Crippen LogP contribution in [0.4, 0.5) is 4.79 Å². The summed E-state index contributed by atoms with van der Waals surface area (Å²) in [5, 5.41) is 2.52. The molecule has 0 aliphatic heterocycles. The zero-order valence-electron chi connectivity index (χ0n) is 13.7. The average Bonchev–Trinajstić information content (AvgIpc) is 2.40. The van der Waals surface area contributed by atoms with E-state index in [1.54, 1.807) is 6.08 Å². The lowest BCUT2D eigenvalue weighted by Gasteiger charge is -2.17. The van der Waals surface area contributed by atoms with Gasteiger partial charge in [0.25, 0.3) is 0 Å². The number of hydrogen-bond acceptors (Lipinski definition) is 4. The fourth-order valence-electron chi connectivity index (χ4n) is 1.57. The van der Waals surface area contributed by atoms with Crippen molar-refractivity contribution in [3.63, 3.8) is 0 Å². The Morgan fingerprint density at radius 1 is 1.14 bits per heavy atom. The maximum atomic E-state index is 11.9. The quantitative estimate of drug-likeness (QED) is 0.382. The van der Waals surface area contributed by atoms with Crippen LogP contribution in [0.5, 0.6) is 0 Å². The molecule has 1 amide bonds. The molecule has 0 aromatic carbocycles. The maximum absolute atomic E-state index is 11.9. The summed E-state index contributed by atoms with van der Waals surface area (Å²) in [5.74, 6) is 0.383. The number of carbonyl (C=O) groups is 2. The Morgan fingerprint density at radius 2 is 1.81 bits per heavy atom. The smallest absolute Gasteiger partial charge is 0.407 e. The molecule has 0 saturated heterocycles. The van der Waals surface area contributed by atoms with Crippen LogP contribution in [0.3, 0.4) is 0 Å². The number of amides is 1. The van der Waals surface area contributed by atoms with Crippen LogP contribution in [0.1, 0.15) is 47.0 Å². The van der Waals surface area contributed by atoms with Gasteiger partial charge in [0, 0.05) is 0 Å². The third-order valence-electron chi connectivity index (χ3n) is 2.70. The summed E-state index contributed by atoms with van der Waals surface area (Å²) in [6.45, 7) is 12.4. The second-order valence-corrected chi connectivity index (χ2v) is 5.92. The fraction of sp³-hybridized carbons (Fsp3) is 0.750. The van der Waals surface area contributed by atoms with Crippen LogP contribution in [0.25, 0.3) is 0 Å². The summed E-state index contributed by atoms with van der Waals surface area (Å²) >= 11 is 0. The van der Waals surface area contributed by atoms with E-state index in [-0.39, 0.29) is 5.92 Å². The highest BCUT2D eigenvalue weighted by Crippen LogP contribution is 2.05. The van der Waals surface area contributed by atoms with E-state index < -0.39 is 18.1 Å². The Labute approximate surface area is 128 Å². The topological polar surface area (TPSA) is 64.6 Å². The molecule has 0 aromatic rings. The van der Waals surface area contributed by atoms with E-state index in [1.807, 2.05) is 13.8 Å². The predicted molar refractivity (Wildman–Crippen MR) is 83.0 cm³/mol. The van der Waals surface area contributed by atoms with Gasteiger partial charge < -0.3 is 14.8 Å². The van der Waals surface area contributed by atoms with E-state index in [0.29, 0.717) is 25.6 Å². The van der Waals surface area contributed by atoms with Crippen LogP contribution in [-0.4, -0.2) is 31.3 Å². The van der Waals surface area contributed by atoms with Crippen LogP contribution in [0.2, 0.25) is 0 Å². The first kappa shape index (κ1) is 19.5.